The number of para-hydroxylation sites is 2. The van der Waals surface area contributed by atoms with Crippen LogP contribution in [0.1, 0.15) is 134 Å². The Morgan fingerprint density at radius 3 is 1.57 bits per heavy atom. The SMILES string of the molecule is CCCC[C@H]1C(=O)N(C)[C@@H](CCCC)C(=O)N[C@@H](CCC(=O)O)C(=O)N[C@H](C(=O)NCC(N)=O)CSCC(=O)N[C@@H](Cc2ccc(OC)cc2)C(=O)N(C)[C@@H](C)C(=O)N[C@@H](CC(=O)O)C(=O)N2CCCC2C(=O)N[C@@H](CN)C(=O)N[C@@H](CCC(=O)O)C(=O)N2C[C@H](O)C[C@H]2C(=O)N[C@@H](Cc2c[nH]c3ccccc23)C(=O)N[C@@H](CC(=O)O)C(=O)N[C@@H](Cc2c[nH]c3ccccc23)C(=O)N1C. The Hall–Kier alpha value is -13.8. The highest BCUT2D eigenvalue weighted by atomic mass is 32.2. The lowest BCUT2D eigenvalue weighted by Gasteiger charge is -2.36. The fraction of sp³-hybridized carbons (Fsp3) is 0.523. The molecule has 3 aliphatic heterocycles. The molecule has 3 fully saturated rings. The molecule has 3 aromatic carbocycles. The zero-order valence-corrected chi connectivity index (χ0v) is 76.1. The van der Waals surface area contributed by atoms with E-state index in [4.69, 9.17) is 16.2 Å². The van der Waals surface area contributed by atoms with Gasteiger partial charge in [0.15, 0.2) is 0 Å². The maximum atomic E-state index is 15.7. The largest absolute Gasteiger partial charge is 0.497 e. The fourth-order valence-electron chi connectivity index (χ4n) is 16.1. The summed E-state index contributed by atoms with van der Waals surface area (Å²) >= 11 is 0.689. The van der Waals surface area contributed by atoms with Gasteiger partial charge in [-0.15, -0.1) is 11.8 Å². The van der Waals surface area contributed by atoms with Gasteiger partial charge in [0.1, 0.15) is 90.3 Å². The molecule has 5 heterocycles. The van der Waals surface area contributed by atoms with Crippen LogP contribution in [0.2, 0.25) is 0 Å². The van der Waals surface area contributed by atoms with E-state index in [1.54, 1.807) is 92.8 Å². The molecule has 3 aliphatic rings. The van der Waals surface area contributed by atoms with E-state index in [0.29, 0.717) is 68.8 Å². The van der Waals surface area contributed by atoms with Crippen molar-refractivity contribution in [2.24, 2.45) is 11.5 Å². The van der Waals surface area contributed by atoms with Crippen LogP contribution < -0.4 is 69.4 Å². The van der Waals surface area contributed by atoms with Crippen molar-refractivity contribution in [3.05, 3.63) is 102 Å². The van der Waals surface area contributed by atoms with Gasteiger partial charge in [-0.3, -0.25) is 95.9 Å². The molecule has 15 atom stereocenters. The number of methoxy groups -OCH3 is 1. The van der Waals surface area contributed by atoms with Crippen molar-refractivity contribution in [1.82, 2.24) is 87.6 Å². The molecule has 0 saturated carbocycles. The average molecular weight is 1890 g/mol. The number of thioether (sulfide) groups is 1. The number of carbonyl (C=O) groups is 20. The monoisotopic (exact) mass is 1890 g/mol. The minimum Gasteiger partial charge on any atom is -0.497 e. The number of hydrogen-bond acceptors (Lipinski definition) is 24. The van der Waals surface area contributed by atoms with Crippen LogP contribution in [0.15, 0.2) is 85.2 Å². The Morgan fingerprint density at radius 1 is 0.500 bits per heavy atom. The highest BCUT2D eigenvalue weighted by Crippen LogP contribution is 2.28. The predicted octanol–water partition coefficient (Wildman–Crippen LogP) is -3.13. The average Bonchev–Trinajstić information content (AvgIpc) is 1.61. The van der Waals surface area contributed by atoms with E-state index in [1.807, 2.05) is 0 Å². The van der Waals surface area contributed by atoms with Crippen molar-refractivity contribution in [3.8, 4) is 5.75 Å². The van der Waals surface area contributed by atoms with Crippen molar-refractivity contribution in [3.63, 3.8) is 0 Å². The molecule has 45 nitrogen and oxygen atoms in total. The topological polar surface area (TPSA) is 672 Å². The van der Waals surface area contributed by atoms with Gasteiger partial charge in [0.05, 0.1) is 38.4 Å². The maximum absolute atomic E-state index is 15.7. The number of hydrogen-bond donors (Lipinski definition) is 19. The standard InChI is InChI=1S/C88H119N19O26S/c1-8-10-21-65-81(125)95-56(28-30-71(111)112)77(121)102-64(76(120)93-42-69(90)109)44-134-45-70(110)94-60(33-47-24-26-51(133-7)27-25-47)84(128)103(4)46(3)75(119)99-62(38-74(117)118)87(131)106-32-16-23-66(106)82(126)101-63(39-89)80(124)96-57(29-31-72(113)114)86(130)107-43-50(108)36-68(107)83(127)98-58(34-48-40-91-54-19-14-12-17-52(48)54)78(122)97-59(37-73(115)116)79(123)100-61(35-49-41-92-55-20-15-13-18-53(49)55)85(129)105(6)67(22-11-9-2)88(132)104(65)5/h12-15,17-20,24-27,40-41,46,50,56-68,91-92,108H,8-11,16,21-23,28-39,42-45,89H2,1-7H3,(H2,90,109)(H,93,120)(H,94,110)(H,95,125)(H,96,124)(H,97,122)(H,98,127)(H,99,119)(H,100,123)(H,101,126)(H,102,121)(H,111,112)(H,113,114)(H,115,116)(H,117,118)/t46-,50+,56-,57-,58-,59-,60-,61-,62-,63-,64-,65-,66?,67-,68-/m0/s1. The second kappa shape index (κ2) is 50.2. The first-order valence-electron chi connectivity index (χ1n) is 43.9. The number of ether oxygens (including phenoxy) is 1. The third-order valence-electron chi connectivity index (χ3n) is 23.6. The lowest BCUT2D eigenvalue weighted by Crippen LogP contribution is -2.61. The van der Waals surface area contributed by atoms with Crippen LogP contribution in [0, 0.1) is 0 Å². The molecule has 0 radical (unpaired) electrons. The first-order valence-corrected chi connectivity index (χ1v) is 45.1. The Labute approximate surface area is 774 Å². The zero-order chi connectivity index (χ0) is 98.5. The first kappa shape index (κ1) is 106. The predicted molar refractivity (Wildman–Crippen MR) is 480 cm³/mol. The second-order valence-corrected chi connectivity index (χ2v) is 34.2. The Bertz CT molecular complexity index is 5130. The first-order chi connectivity index (χ1) is 63.7. The van der Waals surface area contributed by atoms with E-state index in [2.05, 4.69) is 63.1 Å². The van der Waals surface area contributed by atoms with Crippen LogP contribution >= 0.6 is 11.8 Å². The third kappa shape index (κ3) is 29.4. The Morgan fingerprint density at radius 2 is 0.985 bits per heavy atom. The molecule has 8 rings (SSSR count). The van der Waals surface area contributed by atoms with E-state index in [-0.39, 0.29) is 57.9 Å². The number of unbranched alkanes of at least 4 members (excludes halogenated alkanes) is 2. The molecule has 0 aliphatic carbocycles. The van der Waals surface area contributed by atoms with Gasteiger partial charge in [0, 0.05) is 119 Å². The number of rotatable bonds is 27. The molecule has 5 aromatic rings. The van der Waals surface area contributed by atoms with Crippen LogP contribution in [0.5, 0.6) is 5.75 Å². The van der Waals surface area contributed by atoms with E-state index in [1.165, 1.54) is 34.3 Å². The summed E-state index contributed by atoms with van der Waals surface area (Å²) in [7, 11) is 5.06. The number of nitrogens with one attached hydrogen (secondary N) is 12. The molecule has 21 N–H and O–H groups in total. The number of aliphatic carboxylic acids is 4. The molecule has 46 heteroatoms. The van der Waals surface area contributed by atoms with Crippen molar-refractivity contribution in [2.75, 3.05) is 65.9 Å². The molecule has 1 unspecified atom stereocenters. The molecular weight excluding hydrogens is 1770 g/mol. The zero-order valence-electron chi connectivity index (χ0n) is 75.3. The number of nitrogens with zero attached hydrogens (tertiary/aromatic N) is 5. The fourth-order valence-corrected chi connectivity index (χ4v) is 16.9. The molecule has 3 saturated heterocycles. The number of aliphatic hydroxyl groups excluding tert-OH is 1. The normalized spacial score (nSPS) is 24.8. The third-order valence-corrected chi connectivity index (χ3v) is 24.6. The maximum Gasteiger partial charge on any atom is 0.305 e. The summed E-state index contributed by atoms with van der Waals surface area (Å²) in [5.41, 5.74) is 13.8. The van der Waals surface area contributed by atoms with Crippen LogP contribution in [0.4, 0.5) is 0 Å². The number of aromatic amines is 2. The molecular formula is C88H119N19O26S. The smallest absolute Gasteiger partial charge is 0.305 e. The minimum absolute atomic E-state index is 0.0863. The van der Waals surface area contributed by atoms with Gasteiger partial charge in [-0.2, -0.15) is 0 Å². The molecule has 728 valence electrons. The van der Waals surface area contributed by atoms with Gasteiger partial charge in [-0.1, -0.05) is 88.1 Å². The number of aliphatic hydroxyl groups is 1. The van der Waals surface area contributed by atoms with Gasteiger partial charge in [-0.25, -0.2) is 0 Å². The summed E-state index contributed by atoms with van der Waals surface area (Å²) in [5.74, 6) is -24.3. The number of nitrogens with two attached hydrogens (primary N) is 2. The number of aromatic nitrogens is 2. The van der Waals surface area contributed by atoms with Crippen molar-refractivity contribution < 1.29 is 126 Å². The van der Waals surface area contributed by atoms with Crippen LogP contribution in [0.25, 0.3) is 21.8 Å². The number of likely N-dealkylation sites (N-methyl/N-ethyl adjacent to an activating group) is 3. The highest BCUT2D eigenvalue weighted by molar-refractivity contribution is 8.00. The minimum atomic E-state index is -2.12. The van der Waals surface area contributed by atoms with E-state index in [0.717, 1.165) is 31.5 Å². The van der Waals surface area contributed by atoms with Crippen LogP contribution in [-0.2, 0) is 115 Å². The number of primary amides is 1. The number of benzene rings is 3. The molecule has 16 amide bonds. The summed E-state index contributed by atoms with van der Waals surface area (Å²) in [6.07, 6.45) is -4.35. The van der Waals surface area contributed by atoms with E-state index < -0.39 is 292 Å². The second-order valence-electron chi connectivity index (χ2n) is 33.2. The van der Waals surface area contributed by atoms with Crippen LogP contribution in [-0.4, -0.2) is 335 Å². The number of carboxylic acid groups (broad SMARTS) is 4. The lowest BCUT2D eigenvalue weighted by molar-refractivity contribution is -0.149. The van der Waals surface area contributed by atoms with Gasteiger partial charge in [-0.05, 0) is 86.4 Å². The number of amides is 16. The van der Waals surface area contributed by atoms with E-state index in [9.17, 15) is 87.9 Å². The van der Waals surface area contributed by atoms with Crippen LogP contribution in [0.3, 0.4) is 0 Å². The number of carboxylic acids is 4. The molecule has 134 heavy (non-hydrogen) atoms. The lowest BCUT2D eigenvalue weighted by atomic mass is 9.99. The summed E-state index contributed by atoms with van der Waals surface area (Å²) < 4.78 is 5.30. The molecule has 0 spiro atoms. The summed E-state index contributed by atoms with van der Waals surface area (Å²) in [5, 5.41) is 77.8. The highest BCUT2D eigenvalue weighted by Gasteiger charge is 2.47. The summed E-state index contributed by atoms with van der Waals surface area (Å²) in [4.78, 5) is 296. The molecule has 2 aromatic heterocycles. The van der Waals surface area contributed by atoms with Crippen molar-refractivity contribution in [2.45, 2.75) is 227 Å². The Balaban J connectivity index is 1.20. The van der Waals surface area contributed by atoms with E-state index >= 15 is 33.6 Å². The van der Waals surface area contributed by atoms with Crippen molar-refractivity contribution in [1.29, 1.82) is 0 Å². The van der Waals surface area contributed by atoms with Crippen molar-refractivity contribution >= 4 is 152 Å². The summed E-state index contributed by atoms with van der Waals surface area (Å²) in [6.45, 7) is 2.36. The van der Waals surface area contributed by atoms with Gasteiger partial charge < -0.3 is 129 Å². The number of carbonyl (C=O) groups excluding carboxylic acids is 16. The Kier molecular flexibility index (Phi) is 39.5. The number of H-pyrrole nitrogens is 2. The number of fused-ring (bicyclic) bond motifs is 4. The molecule has 0 bridgehead atoms. The van der Waals surface area contributed by atoms with Gasteiger partial charge >= 0.3 is 23.9 Å². The van der Waals surface area contributed by atoms with Gasteiger partial charge in [0.25, 0.3) is 0 Å². The summed E-state index contributed by atoms with van der Waals surface area (Å²) in [6, 6.07) is -4.54. The van der Waals surface area contributed by atoms with Gasteiger partial charge in [0.2, 0.25) is 94.5 Å². The quantitative estimate of drug-likeness (QED) is 0.0247.